The molecule has 1 rings (SSSR count). The molecule has 0 aromatic heterocycles. The first-order chi connectivity index (χ1) is 8.74. The Kier molecular flexibility index (Phi) is 5.49. The molecule has 0 aromatic rings. The summed E-state index contributed by atoms with van der Waals surface area (Å²) in [5, 5.41) is 0. The molecule has 0 radical (unpaired) electrons. The minimum absolute atomic E-state index is 0.847. The highest BCUT2D eigenvalue weighted by Gasteiger charge is 2.49. The van der Waals surface area contributed by atoms with Crippen LogP contribution in [0.5, 0.6) is 0 Å². The summed E-state index contributed by atoms with van der Waals surface area (Å²) >= 11 is 0. The van der Waals surface area contributed by atoms with Gasteiger partial charge in [-0.3, -0.25) is 0 Å². The van der Waals surface area contributed by atoms with E-state index in [4.69, 9.17) is 16.5 Å². The van der Waals surface area contributed by atoms with Gasteiger partial charge in [0.15, 0.2) is 0 Å². The minimum Gasteiger partial charge on any atom is -0.415 e. The van der Waals surface area contributed by atoms with Crippen molar-refractivity contribution in [3.63, 3.8) is 0 Å². The van der Waals surface area contributed by atoms with Gasteiger partial charge in [-0.1, -0.05) is 24.0 Å². The molecule has 8 heteroatoms. The van der Waals surface area contributed by atoms with Crippen LogP contribution in [0.15, 0.2) is 36.8 Å². The molecule has 4 nitrogen and oxygen atoms in total. The first-order valence-corrected chi connectivity index (χ1v) is 15.3. The fourth-order valence-corrected chi connectivity index (χ4v) is 18.1. The molecular formula is C11H24O4Si4. The van der Waals surface area contributed by atoms with Crippen molar-refractivity contribution in [1.29, 1.82) is 0 Å². The predicted molar refractivity (Wildman–Crippen MR) is 87.4 cm³/mol. The molecule has 1 aliphatic rings. The maximum absolute atomic E-state index is 6.30. The molecule has 1 saturated heterocycles. The first-order valence-electron chi connectivity index (χ1n) is 6.39. The van der Waals surface area contributed by atoms with Crippen molar-refractivity contribution in [3.05, 3.63) is 36.8 Å². The highest BCUT2D eigenvalue weighted by atomic mass is 28.5. The summed E-state index contributed by atoms with van der Waals surface area (Å²) in [6, 6.07) is 0.847. The van der Waals surface area contributed by atoms with Gasteiger partial charge in [0.2, 0.25) is 0 Å². The van der Waals surface area contributed by atoms with E-state index in [1.54, 1.807) is 17.1 Å². The lowest BCUT2D eigenvalue weighted by Gasteiger charge is -2.44. The van der Waals surface area contributed by atoms with Crippen LogP contribution < -0.4 is 0 Å². The second kappa shape index (κ2) is 6.14. The summed E-state index contributed by atoms with van der Waals surface area (Å²) in [5.74, 6) is 0. The monoisotopic (exact) mass is 332 g/mol. The van der Waals surface area contributed by atoms with E-state index < -0.39 is 35.0 Å². The van der Waals surface area contributed by atoms with Crippen molar-refractivity contribution >= 4 is 35.0 Å². The molecule has 0 bridgehead atoms. The average molecular weight is 333 g/mol. The lowest BCUT2D eigenvalue weighted by Crippen LogP contribution is -2.62. The molecule has 0 amide bonds. The molecule has 4 atom stereocenters. The second-order valence-corrected chi connectivity index (χ2v) is 17.6. The quantitative estimate of drug-likeness (QED) is 0.742. The van der Waals surface area contributed by atoms with Crippen molar-refractivity contribution in [2.45, 2.75) is 32.6 Å². The Morgan fingerprint density at radius 2 is 1.53 bits per heavy atom. The van der Waals surface area contributed by atoms with Crippen molar-refractivity contribution in [2.24, 2.45) is 0 Å². The smallest absolute Gasteiger partial charge is 0.343 e. The van der Waals surface area contributed by atoms with Crippen LogP contribution in [-0.4, -0.2) is 35.0 Å². The Morgan fingerprint density at radius 1 is 0.947 bits per heavy atom. The fraction of sp³-hybridized carbons (Fsp3) is 0.455. The summed E-state index contributed by atoms with van der Waals surface area (Å²) in [6.45, 7) is 19.6. The second-order valence-electron chi connectivity index (χ2n) is 4.97. The Morgan fingerprint density at radius 3 is 1.95 bits per heavy atom. The van der Waals surface area contributed by atoms with E-state index in [0.29, 0.717) is 0 Å². The summed E-state index contributed by atoms with van der Waals surface area (Å²) in [5.41, 5.74) is 5.35. The van der Waals surface area contributed by atoms with Gasteiger partial charge in [0.1, 0.15) is 0 Å². The normalized spacial score (nSPS) is 43.9. The molecule has 1 aliphatic heterocycles. The Bertz CT molecular complexity index is 380. The molecule has 4 unspecified atom stereocenters. The maximum atomic E-state index is 6.30. The van der Waals surface area contributed by atoms with Gasteiger partial charge in [-0.25, -0.2) is 0 Å². The summed E-state index contributed by atoms with van der Waals surface area (Å²) in [7, 11) is -9.26. The number of hydrogen-bond donors (Lipinski definition) is 0. The molecule has 0 N–H and O–H groups in total. The van der Waals surface area contributed by atoms with Gasteiger partial charge in [0.05, 0.1) is 0 Å². The van der Waals surface area contributed by atoms with Gasteiger partial charge < -0.3 is 16.5 Å². The van der Waals surface area contributed by atoms with Crippen LogP contribution in [0, 0.1) is 0 Å². The van der Waals surface area contributed by atoms with Crippen molar-refractivity contribution in [3.8, 4) is 0 Å². The van der Waals surface area contributed by atoms with Crippen LogP contribution in [0.4, 0.5) is 0 Å². The zero-order valence-electron chi connectivity index (χ0n) is 12.3. The van der Waals surface area contributed by atoms with Crippen LogP contribution in [0.2, 0.25) is 25.7 Å². The largest absolute Gasteiger partial charge is 0.415 e. The van der Waals surface area contributed by atoms with Gasteiger partial charge in [-0.15, -0.1) is 19.7 Å². The van der Waals surface area contributed by atoms with Gasteiger partial charge in [0, 0.05) is 0 Å². The number of rotatable bonds is 4. The van der Waals surface area contributed by atoms with E-state index in [1.807, 2.05) is 13.1 Å². The van der Waals surface area contributed by atoms with E-state index in [0.717, 1.165) is 6.04 Å². The van der Waals surface area contributed by atoms with Gasteiger partial charge >= 0.3 is 35.0 Å². The predicted octanol–water partition coefficient (Wildman–Crippen LogP) is 2.70. The van der Waals surface area contributed by atoms with Gasteiger partial charge in [-0.05, 0) is 25.7 Å². The van der Waals surface area contributed by atoms with Crippen molar-refractivity contribution in [1.82, 2.24) is 0 Å². The molecule has 0 aromatic carbocycles. The number of hydrogen-bond acceptors (Lipinski definition) is 4. The van der Waals surface area contributed by atoms with Crippen molar-refractivity contribution < 1.29 is 16.5 Å². The van der Waals surface area contributed by atoms with E-state index in [9.17, 15) is 0 Å². The summed E-state index contributed by atoms with van der Waals surface area (Å²) < 4.78 is 24.8. The summed E-state index contributed by atoms with van der Waals surface area (Å²) in [4.78, 5) is 0. The Hall–Kier alpha value is -0.0725. The SMILES string of the molecule is C=C[SiH]1O[Si](C)(C=C)O[Si](C)(C=C)O[Si](C)(CC)O1. The third-order valence-corrected chi connectivity index (χ3v) is 18.6. The van der Waals surface area contributed by atoms with E-state index in [2.05, 4.69) is 33.2 Å². The molecule has 19 heavy (non-hydrogen) atoms. The first kappa shape index (κ1) is 17.0. The highest BCUT2D eigenvalue weighted by molar-refractivity contribution is 6.94. The molecule has 1 fully saturated rings. The van der Waals surface area contributed by atoms with Gasteiger partial charge in [-0.2, -0.15) is 0 Å². The van der Waals surface area contributed by atoms with E-state index in [-0.39, 0.29) is 0 Å². The van der Waals surface area contributed by atoms with Crippen molar-refractivity contribution in [2.75, 3.05) is 0 Å². The average Bonchev–Trinajstić information content (AvgIpc) is 2.36. The molecule has 0 saturated carbocycles. The molecule has 108 valence electrons. The van der Waals surface area contributed by atoms with Crippen LogP contribution in [0.3, 0.4) is 0 Å². The van der Waals surface area contributed by atoms with Crippen LogP contribution in [0.25, 0.3) is 0 Å². The van der Waals surface area contributed by atoms with E-state index in [1.165, 1.54) is 0 Å². The molecule has 0 aliphatic carbocycles. The van der Waals surface area contributed by atoms with Crippen LogP contribution in [0.1, 0.15) is 6.92 Å². The molecular weight excluding hydrogens is 308 g/mol. The zero-order valence-corrected chi connectivity index (χ0v) is 16.4. The lowest BCUT2D eigenvalue weighted by molar-refractivity contribution is 0.257. The minimum atomic E-state index is -2.49. The van der Waals surface area contributed by atoms with Gasteiger partial charge in [0.25, 0.3) is 0 Å². The third kappa shape index (κ3) is 4.19. The highest BCUT2D eigenvalue weighted by Crippen LogP contribution is 2.29. The summed E-state index contributed by atoms with van der Waals surface area (Å²) in [6.07, 6.45) is 0. The topological polar surface area (TPSA) is 36.9 Å². The lowest BCUT2D eigenvalue weighted by atomic mass is 11.0. The Labute approximate surface area is 121 Å². The van der Waals surface area contributed by atoms with Crippen LogP contribution >= 0.6 is 0 Å². The zero-order chi connectivity index (χ0) is 14.7. The maximum Gasteiger partial charge on any atom is 0.343 e. The molecule has 1 heterocycles. The fourth-order valence-electron chi connectivity index (χ4n) is 1.83. The standard InChI is InChI=1S/C11H24O4Si4/c1-8-16-12-17(5,9-2)14-19(7,11-4)15-18(6,10-3)13-16/h8-9,11,16H,1-2,4,10H2,3,5-7H3. The van der Waals surface area contributed by atoms with E-state index >= 15 is 0 Å². The Balaban J connectivity index is 3.14. The van der Waals surface area contributed by atoms with Crippen LogP contribution in [-0.2, 0) is 16.5 Å². The third-order valence-electron chi connectivity index (χ3n) is 3.12. The molecule has 0 spiro atoms.